The second kappa shape index (κ2) is 5.05. The van der Waals surface area contributed by atoms with E-state index in [9.17, 15) is 0 Å². The van der Waals surface area contributed by atoms with E-state index in [1.807, 2.05) is 16.8 Å². The van der Waals surface area contributed by atoms with Gasteiger partial charge in [0.1, 0.15) is 0 Å². The predicted molar refractivity (Wildman–Crippen MR) is 61.0 cm³/mol. The molecule has 0 saturated heterocycles. The van der Waals surface area contributed by atoms with Gasteiger partial charge in [-0.1, -0.05) is 0 Å². The summed E-state index contributed by atoms with van der Waals surface area (Å²) in [5.74, 6) is 0. The van der Waals surface area contributed by atoms with Gasteiger partial charge in [0.05, 0.1) is 18.1 Å². The number of nitrogens with zero attached hydrogens (tertiary/aromatic N) is 3. The quantitative estimate of drug-likeness (QED) is 0.774. The van der Waals surface area contributed by atoms with Gasteiger partial charge in [0.25, 0.3) is 0 Å². The third-order valence-corrected chi connectivity index (χ3v) is 2.59. The Balaban J connectivity index is 2.04. The summed E-state index contributed by atoms with van der Waals surface area (Å²) >= 11 is 0. The van der Waals surface area contributed by atoms with Gasteiger partial charge in [-0.3, -0.25) is 9.38 Å². The van der Waals surface area contributed by atoms with E-state index in [0.717, 1.165) is 24.3 Å². The van der Waals surface area contributed by atoms with Crippen LogP contribution in [0, 0.1) is 0 Å². The SMILES string of the molecule is CC(CCO)NCc1cnc2cnccn12. The fourth-order valence-electron chi connectivity index (χ4n) is 1.60. The van der Waals surface area contributed by atoms with Crippen LogP contribution in [0.15, 0.2) is 24.8 Å². The highest BCUT2D eigenvalue weighted by atomic mass is 16.3. The Kier molecular flexibility index (Phi) is 3.48. The normalized spacial score (nSPS) is 13.1. The number of aromatic nitrogens is 3. The van der Waals surface area contributed by atoms with Gasteiger partial charge in [0.15, 0.2) is 5.65 Å². The summed E-state index contributed by atoms with van der Waals surface area (Å²) in [6.45, 7) is 3.01. The molecule has 0 radical (unpaired) electrons. The molecule has 2 N–H and O–H groups in total. The minimum absolute atomic E-state index is 0.214. The summed E-state index contributed by atoms with van der Waals surface area (Å²) in [5.41, 5.74) is 1.95. The highest BCUT2D eigenvalue weighted by molar-refractivity contribution is 5.36. The van der Waals surface area contributed by atoms with E-state index in [1.54, 1.807) is 12.4 Å². The van der Waals surface area contributed by atoms with Gasteiger partial charge < -0.3 is 10.4 Å². The molecule has 5 nitrogen and oxygen atoms in total. The molecule has 5 heteroatoms. The summed E-state index contributed by atoms with van der Waals surface area (Å²) in [5, 5.41) is 12.1. The molecule has 0 aromatic carbocycles. The lowest BCUT2D eigenvalue weighted by Gasteiger charge is -2.11. The molecule has 0 aliphatic carbocycles. The molecule has 16 heavy (non-hydrogen) atoms. The summed E-state index contributed by atoms with van der Waals surface area (Å²) < 4.78 is 2.01. The Morgan fingerprint density at radius 3 is 3.19 bits per heavy atom. The third kappa shape index (κ3) is 2.37. The second-order valence-electron chi connectivity index (χ2n) is 3.85. The zero-order valence-corrected chi connectivity index (χ0v) is 9.30. The predicted octanol–water partition coefficient (Wildman–Crippen LogP) is 0.590. The largest absolute Gasteiger partial charge is 0.396 e. The van der Waals surface area contributed by atoms with E-state index in [4.69, 9.17) is 5.11 Å². The van der Waals surface area contributed by atoms with E-state index >= 15 is 0 Å². The van der Waals surface area contributed by atoms with Crippen LogP contribution in [-0.2, 0) is 6.54 Å². The number of aliphatic hydroxyl groups is 1. The van der Waals surface area contributed by atoms with Crippen LogP contribution in [0.1, 0.15) is 19.0 Å². The molecule has 1 unspecified atom stereocenters. The molecule has 0 spiro atoms. The molecular formula is C11H16N4O. The van der Waals surface area contributed by atoms with Gasteiger partial charge in [-0.2, -0.15) is 0 Å². The number of imidazole rings is 1. The first-order valence-corrected chi connectivity index (χ1v) is 5.41. The Morgan fingerprint density at radius 2 is 2.38 bits per heavy atom. The number of rotatable bonds is 5. The highest BCUT2D eigenvalue weighted by Gasteiger charge is 2.04. The Bertz CT molecular complexity index is 454. The minimum atomic E-state index is 0.214. The molecule has 2 aromatic rings. The average Bonchev–Trinajstić information content (AvgIpc) is 2.70. The van der Waals surface area contributed by atoms with Crippen LogP contribution in [0.5, 0.6) is 0 Å². The number of aliphatic hydroxyl groups excluding tert-OH is 1. The second-order valence-corrected chi connectivity index (χ2v) is 3.85. The summed E-state index contributed by atoms with van der Waals surface area (Å²) in [6, 6.07) is 0.303. The first-order chi connectivity index (χ1) is 7.81. The maximum absolute atomic E-state index is 8.80. The van der Waals surface area contributed by atoms with Crippen LogP contribution in [0.2, 0.25) is 0 Å². The van der Waals surface area contributed by atoms with Crippen LogP contribution >= 0.6 is 0 Å². The van der Waals surface area contributed by atoms with Crippen LogP contribution < -0.4 is 5.32 Å². The highest BCUT2D eigenvalue weighted by Crippen LogP contribution is 2.04. The molecule has 0 amide bonds. The molecule has 2 heterocycles. The topological polar surface area (TPSA) is 62.5 Å². The number of fused-ring (bicyclic) bond motifs is 1. The maximum Gasteiger partial charge on any atom is 0.155 e. The third-order valence-electron chi connectivity index (χ3n) is 2.59. The molecule has 0 aliphatic rings. The van der Waals surface area contributed by atoms with Gasteiger partial charge in [0, 0.05) is 31.6 Å². The maximum atomic E-state index is 8.80. The minimum Gasteiger partial charge on any atom is -0.396 e. The van der Waals surface area contributed by atoms with E-state index in [-0.39, 0.29) is 6.61 Å². The summed E-state index contributed by atoms with van der Waals surface area (Å²) in [6.07, 6.45) is 7.99. The van der Waals surface area contributed by atoms with Gasteiger partial charge in [-0.05, 0) is 13.3 Å². The molecule has 2 aromatic heterocycles. The van der Waals surface area contributed by atoms with Crippen LogP contribution in [-0.4, -0.2) is 32.1 Å². The molecule has 1 atom stereocenters. The Morgan fingerprint density at radius 1 is 1.50 bits per heavy atom. The van der Waals surface area contributed by atoms with E-state index in [2.05, 4.69) is 22.2 Å². The standard InChI is InChI=1S/C11H16N4O/c1-9(2-5-16)13-6-10-7-14-11-8-12-3-4-15(10)11/h3-4,7-9,13,16H,2,5-6H2,1H3. The fraction of sp³-hybridized carbons (Fsp3) is 0.455. The van der Waals surface area contributed by atoms with Crippen molar-refractivity contribution in [2.24, 2.45) is 0 Å². The van der Waals surface area contributed by atoms with Gasteiger partial charge in [-0.15, -0.1) is 0 Å². The lowest BCUT2D eigenvalue weighted by molar-refractivity contribution is 0.268. The van der Waals surface area contributed by atoms with Crippen molar-refractivity contribution < 1.29 is 5.11 Å². The first-order valence-electron chi connectivity index (χ1n) is 5.41. The summed E-state index contributed by atoms with van der Waals surface area (Å²) in [4.78, 5) is 8.27. The van der Waals surface area contributed by atoms with Crippen LogP contribution in [0.25, 0.3) is 5.65 Å². The van der Waals surface area contributed by atoms with Crippen molar-refractivity contribution in [3.63, 3.8) is 0 Å². The van der Waals surface area contributed by atoms with Crippen molar-refractivity contribution in [3.05, 3.63) is 30.5 Å². The van der Waals surface area contributed by atoms with E-state index in [1.165, 1.54) is 0 Å². The van der Waals surface area contributed by atoms with Crippen molar-refractivity contribution in [1.29, 1.82) is 0 Å². The first kappa shape index (κ1) is 11.0. The summed E-state index contributed by atoms with van der Waals surface area (Å²) in [7, 11) is 0. The van der Waals surface area contributed by atoms with Crippen molar-refractivity contribution in [1.82, 2.24) is 19.7 Å². The van der Waals surface area contributed by atoms with Crippen molar-refractivity contribution in [2.45, 2.75) is 25.9 Å². The molecular weight excluding hydrogens is 204 g/mol. The molecule has 2 rings (SSSR count). The Labute approximate surface area is 94.2 Å². The van der Waals surface area contributed by atoms with E-state index in [0.29, 0.717) is 6.04 Å². The molecule has 0 aliphatic heterocycles. The number of nitrogens with one attached hydrogen (secondary N) is 1. The Hall–Kier alpha value is -1.46. The van der Waals surface area contributed by atoms with Crippen molar-refractivity contribution in [3.8, 4) is 0 Å². The van der Waals surface area contributed by atoms with Gasteiger partial charge >= 0.3 is 0 Å². The molecule has 86 valence electrons. The zero-order valence-electron chi connectivity index (χ0n) is 9.30. The lowest BCUT2D eigenvalue weighted by Crippen LogP contribution is -2.26. The number of hydrogen-bond acceptors (Lipinski definition) is 4. The number of hydrogen-bond donors (Lipinski definition) is 2. The smallest absolute Gasteiger partial charge is 0.155 e. The lowest BCUT2D eigenvalue weighted by atomic mass is 10.2. The molecule has 0 fully saturated rings. The van der Waals surface area contributed by atoms with Crippen LogP contribution in [0.4, 0.5) is 0 Å². The molecule has 0 bridgehead atoms. The zero-order chi connectivity index (χ0) is 11.4. The van der Waals surface area contributed by atoms with Gasteiger partial charge in [0.2, 0.25) is 0 Å². The van der Waals surface area contributed by atoms with Crippen molar-refractivity contribution in [2.75, 3.05) is 6.61 Å². The van der Waals surface area contributed by atoms with Crippen molar-refractivity contribution >= 4 is 5.65 Å². The van der Waals surface area contributed by atoms with Gasteiger partial charge in [-0.25, -0.2) is 4.98 Å². The monoisotopic (exact) mass is 220 g/mol. The average molecular weight is 220 g/mol. The van der Waals surface area contributed by atoms with Crippen LogP contribution in [0.3, 0.4) is 0 Å². The fourth-order valence-corrected chi connectivity index (χ4v) is 1.60. The molecule has 0 saturated carbocycles. The van der Waals surface area contributed by atoms with E-state index < -0.39 is 0 Å².